The molecule has 0 spiro atoms. The van der Waals surface area contributed by atoms with Crippen molar-refractivity contribution in [2.45, 2.75) is 31.7 Å². The number of amides is 2. The Labute approximate surface area is 235 Å². The van der Waals surface area contributed by atoms with Gasteiger partial charge in [-0.05, 0) is 28.8 Å². The zero-order valence-electron chi connectivity index (χ0n) is 21.8. The second-order valence-corrected chi connectivity index (χ2v) is 9.42. The molecule has 1 heterocycles. The van der Waals surface area contributed by atoms with E-state index in [1.165, 1.54) is 24.3 Å². The minimum absolute atomic E-state index is 0.0323. The zero-order valence-corrected chi connectivity index (χ0v) is 21.8. The average molecular weight is 557 g/mol. The minimum Gasteiger partial charge on any atom is -0.508 e. The second kappa shape index (κ2) is 12.3. The zero-order chi connectivity index (χ0) is 28.8. The number of aliphatic hydroxyl groups is 1. The van der Waals surface area contributed by atoms with Crippen molar-refractivity contribution in [3.8, 4) is 28.7 Å². The number of aliphatic hydroxyl groups excluding tert-OH is 1. The van der Waals surface area contributed by atoms with Crippen LogP contribution in [-0.4, -0.2) is 33.6 Å². The summed E-state index contributed by atoms with van der Waals surface area (Å²) in [5, 5.41) is 36.2. The summed E-state index contributed by atoms with van der Waals surface area (Å²) in [4.78, 5) is 25.3. The number of phenols is 2. The van der Waals surface area contributed by atoms with Crippen molar-refractivity contribution in [1.82, 2.24) is 10.6 Å². The predicted octanol–water partition coefficient (Wildman–Crippen LogP) is 4.71. The van der Waals surface area contributed by atoms with E-state index in [2.05, 4.69) is 10.6 Å². The molecular formula is C31H28N2O8. The molecule has 0 aromatic heterocycles. The van der Waals surface area contributed by atoms with Gasteiger partial charge in [-0.3, -0.25) is 0 Å². The molecule has 10 nitrogen and oxygen atoms in total. The molecule has 0 bridgehead atoms. The van der Waals surface area contributed by atoms with Crippen molar-refractivity contribution < 1.29 is 39.1 Å². The van der Waals surface area contributed by atoms with Crippen LogP contribution in [0.2, 0.25) is 0 Å². The van der Waals surface area contributed by atoms with Gasteiger partial charge in [-0.15, -0.1) is 0 Å². The van der Waals surface area contributed by atoms with E-state index in [9.17, 15) is 24.9 Å². The molecule has 0 unspecified atom stereocenters. The number of ether oxygens (including phenoxy) is 3. The van der Waals surface area contributed by atoms with Crippen molar-refractivity contribution in [2.24, 2.45) is 0 Å². The standard InChI is InChI=1S/C31H28N2O8/c34-22-14-24(35)23-16-25(36)29(39-27(23)15-22)21-11-12-26(40-30(37)32-17-19-7-3-1-4-8-19)28(13-21)41-31(38)33-18-20-9-5-2-6-10-20/h1-15,25,29,34-36H,16-18H2,(H,32,37)(H,33,38)/t25-,29-/m1/s1. The minimum atomic E-state index is -1.07. The first kappa shape index (κ1) is 27.4. The summed E-state index contributed by atoms with van der Waals surface area (Å²) in [6.07, 6.45) is -3.49. The van der Waals surface area contributed by atoms with E-state index < -0.39 is 24.4 Å². The number of fused-ring (bicyclic) bond motifs is 1. The van der Waals surface area contributed by atoms with Crippen molar-refractivity contribution in [1.29, 1.82) is 0 Å². The number of carbonyl (C=O) groups is 2. The Kier molecular flexibility index (Phi) is 8.21. The number of benzene rings is 4. The summed E-state index contributed by atoms with van der Waals surface area (Å²) in [5.74, 6) is -0.289. The van der Waals surface area contributed by atoms with E-state index in [0.717, 1.165) is 11.1 Å². The molecule has 0 fully saturated rings. The lowest BCUT2D eigenvalue weighted by Crippen LogP contribution is -2.31. The molecule has 2 amide bonds. The maximum absolute atomic E-state index is 12.7. The maximum Gasteiger partial charge on any atom is 0.413 e. The van der Waals surface area contributed by atoms with Crippen LogP contribution in [0.5, 0.6) is 28.7 Å². The molecule has 4 aromatic rings. The molecule has 1 aliphatic heterocycles. The van der Waals surface area contributed by atoms with Crippen molar-refractivity contribution in [3.63, 3.8) is 0 Å². The summed E-state index contributed by atoms with van der Waals surface area (Å²) >= 11 is 0. The number of aromatic hydroxyl groups is 2. The van der Waals surface area contributed by atoms with Crippen molar-refractivity contribution in [3.05, 3.63) is 113 Å². The van der Waals surface area contributed by atoms with E-state index in [-0.39, 0.29) is 48.3 Å². The summed E-state index contributed by atoms with van der Waals surface area (Å²) in [5.41, 5.74) is 2.50. The van der Waals surface area contributed by atoms with E-state index in [4.69, 9.17) is 14.2 Å². The maximum atomic E-state index is 12.7. The van der Waals surface area contributed by atoms with Gasteiger partial charge in [-0.1, -0.05) is 66.7 Å². The van der Waals surface area contributed by atoms with Gasteiger partial charge in [-0.25, -0.2) is 9.59 Å². The third-order valence-electron chi connectivity index (χ3n) is 6.45. The quantitative estimate of drug-likeness (QED) is 0.220. The molecule has 5 rings (SSSR count). The highest BCUT2D eigenvalue weighted by atomic mass is 16.6. The molecule has 41 heavy (non-hydrogen) atoms. The Morgan fingerprint density at radius 2 is 1.37 bits per heavy atom. The van der Waals surface area contributed by atoms with Crippen molar-refractivity contribution >= 4 is 12.2 Å². The number of phenolic OH excluding ortho intramolecular Hbond substituents is 2. The fourth-order valence-electron chi connectivity index (χ4n) is 4.43. The summed E-state index contributed by atoms with van der Waals surface area (Å²) in [6.45, 7) is 0.439. The first-order chi connectivity index (χ1) is 19.9. The molecule has 4 aromatic carbocycles. The van der Waals surface area contributed by atoms with E-state index >= 15 is 0 Å². The van der Waals surface area contributed by atoms with E-state index in [0.29, 0.717) is 11.1 Å². The van der Waals surface area contributed by atoms with Gasteiger partial charge >= 0.3 is 12.2 Å². The van der Waals surface area contributed by atoms with Crippen LogP contribution in [0.25, 0.3) is 0 Å². The first-order valence-electron chi connectivity index (χ1n) is 12.9. The van der Waals surface area contributed by atoms with Crippen LogP contribution in [0, 0.1) is 0 Å². The highest BCUT2D eigenvalue weighted by Crippen LogP contribution is 2.43. The molecule has 0 saturated heterocycles. The summed E-state index contributed by atoms with van der Waals surface area (Å²) in [6, 6.07) is 25.5. The van der Waals surface area contributed by atoms with Gasteiger partial charge in [0.15, 0.2) is 11.5 Å². The van der Waals surface area contributed by atoms with Gasteiger partial charge < -0.3 is 40.2 Å². The highest BCUT2D eigenvalue weighted by molar-refractivity contribution is 5.74. The Balaban J connectivity index is 1.36. The van der Waals surface area contributed by atoms with E-state index in [1.807, 2.05) is 60.7 Å². The SMILES string of the molecule is O=C(NCc1ccccc1)Oc1ccc([C@H]2Oc3cc(O)cc(O)c3C[C@H]2O)cc1OC(=O)NCc1ccccc1. The lowest BCUT2D eigenvalue weighted by molar-refractivity contribution is 0.0197. The number of rotatable bonds is 7. The number of hydrogen-bond acceptors (Lipinski definition) is 8. The first-order valence-corrected chi connectivity index (χ1v) is 12.9. The molecule has 10 heteroatoms. The van der Waals surface area contributed by atoms with Crippen molar-refractivity contribution in [2.75, 3.05) is 0 Å². The number of nitrogens with one attached hydrogen (secondary N) is 2. The molecule has 2 atom stereocenters. The van der Waals surface area contributed by atoms with Crippen LogP contribution < -0.4 is 24.8 Å². The summed E-state index contributed by atoms with van der Waals surface area (Å²) < 4.78 is 16.9. The average Bonchev–Trinajstić information content (AvgIpc) is 2.97. The van der Waals surface area contributed by atoms with Crippen LogP contribution in [0.3, 0.4) is 0 Å². The Morgan fingerprint density at radius 1 is 0.780 bits per heavy atom. The Hall–Kier alpha value is -5.22. The van der Waals surface area contributed by atoms with Gasteiger partial charge in [0, 0.05) is 37.2 Å². The van der Waals surface area contributed by atoms with Gasteiger partial charge in [0.05, 0.1) is 6.10 Å². The normalized spacial score (nSPS) is 15.6. The molecular weight excluding hydrogens is 528 g/mol. The van der Waals surface area contributed by atoms with Gasteiger partial charge in [0.2, 0.25) is 0 Å². The second-order valence-electron chi connectivity index (χ2n) is 9.42. The fraction of sp³-hybridized carbons (Fsp3) is 0.161. The van der Waals surface area contributed by atoms with Crippen LogP contribution in [0.4, 0.5) is 9.59 Å². The molecule has 0 saturated carbocycles. The molecule has 1 aliphatic rings. The van der Waals surface area contributed by atoms with Gasteiger partial charge in [0.1, 0.15) is 23.4 Å². The molecule has 0 radical (unpaired) electrons. The van der Waals surface area contributed by atoms with E-state index in [1.54, 1.807) is 6.07 Å². The highest BCUT2D eigenvalue weighted by Gasteiger charge is 2.33. The third kappa shape index (κ3) is 6.87. The smallest absolute Gasteiger partial charge is 0.413 e. The monoisotopic (exact) mass is 556 g/mol. The van der Waals surface area contributed by atoms with Gasteiger partial charge in [0.25, 0.3) is 0 Å². The largest absolute Gasteiger partial charge is 0.508 e. The van der Waals surface area contributed by atoms with Gasteiger partial charge in [-0.2, -0.15) is 0 Å². The Morgan fingerprint density at radius 3 is 1.98 bits per heavy atom. The topological polar surface area (TPSA) is 147 Å². The third-order valence-corrected chi connectivity index (χ3v) is 6.45. The molecule has 210 valence electrons. The predicted molar refractivity (Wildman–Crippen MR) is 148 cm³/mol. The Bertz CT molecular complexity index is 1530. The van der Waals surface area contributed by atoms with Crippen LogP contribution in [-0.2, 0) is 19.5 Å². The lowest BCUT2D eigenvalue weighted by Gasteiger charge is -2.31. The lowest BCUT2D eigenvalue weighted by atomic mass is 9.94. The number of carbonyl (C=O) groups excluding carboxylic acids is 2. The molecule has 0 aliphatic carbocycles. The summed E-state index contributed by atoms with van der Waals surface area (Å²) in [7, 11) is 0. The van der Waals surface area contributed by atoms with Crippen LogP contribution in [0.1, 0.15) is 28.4 Å². The number of hydrogen-bond donors (Lipinski definition) is 5. The fourth-order valence-corrected chi connectivity index (χ4v) is 4.43. The molecule has 5 N–H and O–H groups in total. The van der Waals surface area contributed by atoms with Crippen LogP contribution >= 0.6 is 0 Å². The van der Waals surface area contributed by atoms with Crippen LogP contribution in [0.15, 0.2) is 91.0 Å².